The van der Waals surface area contributed by atoms with Gasteiger partial charge >= 0.3 is 0 Å². The molecule has 1 heterocycles. The molecule has 7 nitrogen and oxygen atoms in total. The largest absolute Gasteiger partial charge is 0.447 e. The summed E-state index contributed by atoms with van der Waals surface area (Å²) in [6.45, 7) is 10.0. The van der Waals surface area contributed by atoms with E-state index in [1.54, 1.807) is 24.1 Å². The van der Waals surface area contributed by atoms with Crippen LogP contribution >= 0.6 is 0 Å². The number of allylic oxidation sites excluding steroid dienone is 1. The van der Waals surface area contributed by atoms with Crippen LogP contribution in [0.4, 0.5) is 8.78 Å². The van der Waals surface area contributed by atoms with E-state index in [1.807, 2.05) is 13.8 Å². The van der Waals surface area contributed by atoms with Gasteiger partial charge in [0.1, 0.15) is 12.0 Å². The normalized spacial score (nSPS) is 14.6. The topological polar surface area (TPSA) is 83.4 Å². The van der Waals surface area contributed by atoms with Gasteiger partial charge < -0.3 is 15.0 Å². The highest BCUT2D eigenvalue weighted by Gasteiger charge is 2.24. The summed E-state index contributed by atoms with van der Waals surface area (Å²) < 4.78 is 32.4. The third-order valence-corrected chi connectivity index (χ3v) is 5.37. The summed E-state index contributed by atoms with van der Waals surface area (Å²) in [6, 6.07) is 6.03. The predicted octanol–water partition coefficient (Wildman–Crippen LogP) is 4.05. The first-order chi connectivity index (χ1) is 16.5. The van der Waals surface area contributed by atoms with Gasteiger partial charge in [-0.15, -0.1) is 0 Å². The van der Waals surface area contributed by atoms with Crippen LogP contribution in [0.3, 0.4) is 0 Å². The van der Waals surface area contributed by atoms with E-state index < -0.39 is 5.92 Å². The number of nitrogens with one attached hydrogen (secondary N) is 1. The van der Waals surface area contributed by atoms with E-state index in [0.717, 1.165) is 30.2 Å². The fourth-order valence-corrected chi connectivity index (χ4v) is 3.55. The van der Waals surface area contributed by atoms with Crippen LogP contribution in [-0.2, 0) is 26.7 Å². The van der Waals surface area contributed by atoms with E-state index in [1.165, 1.54) is 12.1 Å². The molecular weight excluding hydrogens is 454 g/mol. The lowest BCUT2D eigenvalue weighted by atomic mass is 10.1. The lowest BCUT2D eigenvalue weighted by Crippen LogP contribution is -2.39. The standard InChI is InChI=1S/C26H34F2N4O3/c1-18(2)31-23-11-13-32(16-21(23)17-33)25(34)10-12-30-15-24(29-5)35-19(3)14-20-6-8-22(9-7-20)26(4,27)28/h6-9,17,30H,3,10-16H2,1-2,4-5H3. The number of ether oxygens (including phenoxy) is 1. The van der Waals surface area contributed by atoms with E-state index in [2.05, 4.69) is 21.9 Å². The second-order valence-corrected chi connectivity index (χ2v) is 8.66. The van der Waals surface area contributed by atoms with Crippen molar-refractivity contribution in [3.05, 3.63) is 59.0 Å². The van der Waals surface area contributed by atoms with Gasteiger partial charge in [0, 0.05) is 63.2 Å². The number of benzene rings is 1. The van der Waals surface area contributed by atoms with Gasteiger partial charge in [0.05, 0.1) is 18.8 Å². The first-order valence-electron chi connectivity index (χ1n) is 11.5. The Hall–Kier alpha value is -3.20. The quantitative estimate of drug-likeness (QED) is 0.168. The summed E-state index contributed by atoms with van der Waals surface area (Å²) in [7, 11) is 1.59. The minimum absolute atomic E-state index is 0.0460. The Bertz CT molecular complexity index is 1000. The van der Waals surface area contributed by atoms with Crippen LogP contribution in [-0.4, -0.2) is 61.9 Å². The average molecular weight is 489 g/mol. The van der Waals surface area contributed by atoms with Crippen LogP contribution in [0.5, 0.6) is 0 Å². The Morgan fingerprint density at radius 3 is 2.54 bits per heavy atom. The summed E-state index contributed by atoms with van der Waals surface area (Å²) >= 11 is 0. The van der Waals surface area contributed by atoms with Crippen molar-refractivity contribution in [2.45, 2.75) is 46.0 Å². The number of rotatable bonds is 11. The Morgan fingerprint density at radius 2 is 1.97 bits per heavy atom. The van der Waals surface area contributed by atoms with Crippen molar-refractivity contribution in [3.63, 3.8) is 0 Å². The zero-order chi connectivity index (χ0) is 26.0. The van der Waals surface area contributed by atoms with Crippen molar-refractivity contribution in [2.75, 3.05) is 33.2 Å². The second-order valence-electron chi connectivity index (χ2n) is 8.66. The van der Waals surface area contributed by atoms with Crippen LogP contribution in [0, 0.1) is 0 Å². The molecular formula is C26H34F2N4O3. The van der Waals surface area contributed by atoms with E-state index in [-0.39, 0.29) is 24.4 Å². The predicted molar refractivity (Wildman–Crippen MR) is 134 cm³/mol. The SMILES string of the molecule is C=C(Cc1ccc(C(C)(F)F)cc1)OC(CNCCC(=O)N1CCC(N=C(C)C)=C(C=O)C1)=NC. The van der Waals surface area contributed by atoms with Crippen molar-refractivity contribution >= 4 is 23.8 Å². The number of halogens is 2. The number of hydrogen-bond donors (Lipinski definition) is 1. The summed E-state index contributed by atoms with van der Waals surface area (Å²) in [5.74, 6) is -2.09. The van der Waals surface area contributed by atoms with Crippen molar-refractivity contribution < 1.29 is 23.1 Å². The molecule has 1 N–H and O–H groups in total. The Morgan fingerprint density at radius 1 is 1.29 bits per heavy atom. The molecule has 0 bridgehead atoms. The number of alkyl halides is 2. The summed E-state index contributed by atoms with van der Waals surface area (Å²) in [5, 5.41) is 3.13. The van der Waals surface area contributed by atoms with E-state index in [4.69, 9.17) is 4.74 Å². The molecule has 1 aromatic rings. The van der Waals surface area contributed by atoms with Crippen molar-refractivity contribution in [2.24, 2.45) is 9.98 Å². The van der Waals surface area contributed by atoms with Gasteiger partial charge in [-0.25, -0.2) is 8.78 Å². The minimum Gasteiger partial charge on any atom is -0.447 e. The summed E-state index contributed by atoms with van der Waals surface area (Å²) in [6.07, 6.45) is 1.97. The fourth-order valence-electron chi connectivity index (χ4n) is 3.55. The minimum atomic E-state index is -2.88. The molecule has 190 valence electrons. The third-order valence-electron chi connectivity index (χ3n) is 5.37. The van der Waals surface area contributed by atoms with Crippen LogP contribution in [0.25, 0.3) is 0 Å². The number of nitrogens with zero attached hydrogens (tertiary/aromatic N) is 3. The lowest BCUT2D eigenvalue weighted by molar-refractivity contribution is -0.131. The monoisotopic (exact) mass is 488 g/mol. The van der Waals surface area contributed by atoms with Crippen LogP contribution in [0.15, 0.2) is 57.9 Å². The number of carbonyl (C=O) groups is 2. The van der Waals surface area contributed by atoms with Gasteiger partial charge in [-0.1, -0.05) is 30.8 Å². The van der Waals surface area contributed by atoms with E-state index in [0.29, 0.717) is 49.7 Å². The highest BCUT2D eigenvalue weighted by molar-refractivity contribution is 5.84. The number of amides is 1. The molecule has 0 radical (unpaired) electrons. The van der Waals surface area contributed by atoms with E-state index in [9.17, 15) is 18.4 Å². The van der Waals surface area contributed by atoms with Crippen molar-refractivity contribution in [1.82, 2.24) is 10.2 Å². The molecule has 0 saturated heterocycles. The van der Waals surface area contributed by atoms with Crippen molar-refractivity contribution in [1.29, 1.82) is 0 Å². The maximum Gasteiger partial charge on any atom is 0.270 e. The van der Waals surface area contributed by atoms with Crippen molar-refractivity contribution in [3.8, 4) is 0 Å². The molecule has 0 aromatic heterocycles. The van der Waals surface area contributed by atoms with Gasteiger partial charge in [0.25, 0.3) is 5.92 Å². The highest BCUT2D eigenvalue weighted by atomic mass is 19.3. The third kappa shape index (κ3) is 9.16. The molecule has 0 aliphatic carbocycles. The van der Waals surface area contributed by atoms with Gasteiger partial charge in [0.15, 0.2) is 0 Å². The number of carbonyl (C=O) groups excluding carboxylic acids is 2. The smallest absolute Gasteiger partial charge is 0.270 e. The molecule has 1 aliphatic heterocycles. The lowest BCUT2D eigenvalue weighted by Gasteiger charge is -2.28. The molecule has 0 saturated carbocycles. The van der Waals surface area contributed by atoms with Gasteiger partial charge in [0.2, 0.25) is 11.8 Å². The van der Waals surface area contributed by atoms with Gasteiger partial charge in [-0.2, -0.15) is 0 Å². The molecule has 9 heteroatoms. The maximum absolute atomic E-state index is 13.4. The first kappa shape index (κ1) is 28.0. The molecule has 35 heavy (non-hydrogen) atoms. The van der Waals surface area contributed by atoms with Crippen LogP contribution in [0.2, 0.25) is 0 Å². The van der Waals surface area contributed by atoms with E-state index >= 15 is 0 Å². The van der Waals surface area contributed by atoms with Crippen LogP contribution < -0.4 is 5.32 Å². The molecule has 2 rings (SSSR count). The van der Waals surface area contributed by atoms with Gasteiger partial charge in [-0.3, -0.25) is 19.6 Å². The molecule has 0 unspecified atom stereocenters. The summed E-state index contributed by atoms with van der Waals surface area (Å²) in [5.41, 5.74) is 2.92. The second kappa shape index (κ2) is 13.0. The number of aliphatic imine (C=N–C) groups is 2. The Balaban J connectivity index is 1.76. The Labute approximate surface area is 205 Å². The van der Waals surface area contributed by atoms with Crippen LogP contribution in [0.1, 0.15) is 44.7 Å². The number of hydrogen-bond acceptors (Lipinski definition) is 6. The number of aldehydes is 1. The molecule has 0 fully saturated rings. The zero-order valence-corrected chi connectivity index (χ0v) is 20.9. The fraction of sp³-hybridized carbons (Fsp3) is 0.462. The molecule has 0 spiro atoms. The maximum atomic E-state index is 13.4. The molecule has 1 aromatic carbocycles. The first-order valence-corrected chi connectivity index (χ1v) is 11.5. The molecule has 1 amide bonds. The molecule has 1 aliphatic rings. The average Bonchev–Trinajstić information content (AvgIpc) is 2.80. The highest BCUT2D eigenvalue weighted by Crippen LogP contribution is 2.27. The summed E-state index contributed by atoms with van der Waals surface area (Å²) in [4.78, 5) is 34.1. The van der Waals surface area contributed by atoms with Gasteiger partial charge in [-0.05, 0) is 19.4 Å². The molecule has 0 atom stereocenters. The Kier molecular flexibility index (Phi) is 10.4. The zero-order valence-electron chi connectivity index (χ0n) is 20.9.